The Morgan fingerprint density at radius 3 is 1.86 bits per heavy atom. The maximum Gasteiger partial charge on any atom is 0.252 e. The molecule has 2 aromatic heterocycles. The molecule has 0 aliphatic rings. The van der Waals surface area contributed by atoms with Gasteiger partial charge in [0, 0.05) is 6.21 Å². The van der Waals surface area contributed by atoms with Crippen LogP contribution in [0.2, 0.25) is 0 Å². The summed E-state index contributed by atoms with van der Waals surface area (Å²) in [4.78, 5) is 33.1. The van der Waals surface area contributed by atoms with Crippen LogP contribution in [0.1, 0.15) is 29.1 Å². The van der Waals surface area contributed by atoms with Crippen molar-refractivity contribution < 1.29 is 0 Å². The Hall–Kier alpha value is -2.64. The van der Waals surface area contributed by atoms with Gasteiger partial charge in [0.05, 0.1) is 12.8 Å². The third-order valence-electron chi connectivity index (χ3n) is 2.32. The summed E-state index contributed by atoms with van der Waals surface area (Å²) in [7, 11) is 0. The Labute approximate surface area is 122 Å². The lowest BCUT2D eigenvalue weighted by Gasteiger charge is -1.96. The normalized spacial score (nSPS) is 11.6. The van der Waals surface area contributed by atoms with Crippen LogP contribution in [0.25, 0.3) is 0 Å². The van der Waals surface area contributed by atoms with Gasteiger partial charge in [-0.25, -0.2) is 24.9 Å². The number of aliphatic imine (C=N–C) groups is 2. The van der Waals surface area contributed by atoms with Gasteiger partial charge in [0.15, 0.2) is 5.82 Å². The SMILES string of the molecule is Cc1nc(C)nc(C=NCC=Nc2nc(C)nc(C)n2)n1. The van der Waals surface area contributed by atoms with E-state index in [1.54, 1.807) is 26.3 Å². The van der Waals surface area contributed by atoms with Crippen LogP contribution in [0.5, 0.6) is 0 Å². The van der Waals surface area contributed by atoms with Gasteiger partial charge in [-0.1, -0.05) is 0 Å². The van der Waals surface area contributed by atoms with E-state index in [1.165, 1.54) is 0 Å². The highest BCUT2D eigenvalue weighted by Gasteiger charge is 1.97. The summed E-state index contributed by atoms with van der Waals surface area (Å²) in [6.45, 7) is 7.64. The van der Waals surface area contributed by atoms with Crippen molar-refractivity contribution in [2.45, 2.75) is 27.7 Å². The minimum atomic E-state index is 0.391. The van der Waals surface area contributed by atoms with Gasteiger partial charge in [0.2, 0.25) is 0 Å². The minimum Gasteiger partial charge on any atom is -0.284 e. The molecular weight excluding hydrogens is 268 g/mol. The van der Waals surface area contributed by atoms with Crippen molar-refractivity contribution in [3.63, 3.8) is 0 Å². The Morgan fingerprint density at radius 2 is 1.29 bits per heavy atom. The second-order valence-electron chi connectivity index (χ2n) is 4.32. The van der Waals surface area contributed by atoms with Crippen LogP contribution in [-0.2, 0) is 0 Å². The van der Waals surface area contributed by atoms with E-state index in [9.17, 15) is 0 Å². The summed E-state index contributed by atoms with van der Waals surface area (Å²) in [5.41, 5.74) is 0. The molecule has 0 radical (unpaired) electrons. The molecule has 0 unspecified atom stereocenters. The van der Waals surface area contributed by atoms with Crippen molar-refractivity contribution in [1.82, 2.24) is 29.9 Å². The molecule has 8 heteroatoms. The highest BCUT2D eigenvalue weighted by Crippen LogP contribution is 2.02. The largest absolute Gasteiger partial charge is 0.284 e. The topological polar surface area (TPSA) is 102 Å². The van der Waals surface area contributed by atoms with E-state index in [-0.39, 0.29) is 0 Å². The maximum atomic E-state index is 4.19. The average Bonchev–Trinajstić information content (AvgIpc) is 2.36. The third kappa shape index (κ3) is 4.75. The van der Waals surface area contributed by atoms with E-state index in [1.807, 2.05) is 13.8 Å². The first-order valence-corrected chi connectivity index (χ1v) is 6.44. The number of nitrogens with zero attached hydrogens (tertiary/aromatic N) is 8. The van der Waals surface area contributed by atoms with Crippen LogP contribution in [0.15, 0.2) is 9.98 Å². The molecule has 21 heavy (non-hydrogen) atoms. The van der Waals surface area contributed by atoms with Crippen LogP contribution in [-0.4, -0.2) is 48.9 Å². The fourth-order valence-corrected chi connectivity index (χ4v) is 1.66. The predicted molar refractivity (Wildman–Crippen MR) is 79.2 cm³/mol. The first-order chi connectivity index (χ1) is 10.0. The Bertz CT molecular complexity index is 593. The Balaban J connectivity index is 1.97. The van der Waals surface area contributed by atoms with Crippen molar-refractivity contribution in [2.24, 2.45) is 9.98 Å². The summed E-state index contributed by atoms with van der Waals surface area (Å²) in [5, 5.41) is 0. The molecule has 0 aromatic carbocycles. The van der Waals surface area contributed by atoms with Gasteiger partial charge < -0.3 is 0 Å². The molecule has 0 fully saturated rings. The van der Waals surface area contributed by atoms with Crippen molar-refractivity contribution in [3.05, 3.63) is 29.1 Å². The van der Waals surface area contributed by atoms with Crippen molar-refractivity contribution >= 4 is 18.4 Å². The van der Waals surface area contributed by atoms with Crippen LogP contribution >= 0.6 is 0 Å². The molecule has 0 N–H and O–H groups in total. The fraction of sp³-hybridized carbons (Fsp3) is 0.385. The average molecular weight is 284 g/mol. The van der Waals surface area contributed by atoms with Crippen LogP contribution in [0, 0.1) is 27.7 Å². The van der Waals surface area contributed by atoms with Gasteiger partial charge in [0.1, 0.15) is 23.3 Å². The number of rotatable bonds is 4. The highest BCUT2D eigenvalue weighted by molar-refractivity contribution is 5.76. The number of hydrogen-bond acceptors (Lipinski definition) is 8. The van der Waals surface area contributed by atoms with Crippen LogP contribution < -0.4 is 0 Å². The summed E-state index contributed by atoms with van der Waals surface area (Å²) in [6, 6.07) is 0. The highest BCUT2D eigenvalue weighted by atomic mass is 15.1. The lowest BCUT2D eigenvalue weighted by molar-refractivity contribution is 0.910. The van der Waals surface area contributed by atoms with Crippen molar-refractivity contribution in [2.75, 3.05) is 6.54 Å². The zero-order chi connectivity index (χ0) is 15.2. The third-order valence-corrected chi connectivity index (χ3v) is 2.32. The number of aromatic nitrogens is 6. The summed E-state index contributed by atoms with van der Waals surface area (Å²) in [5.74, 6) is 3.58. The summed E-state index contributed by atoms with van der Waals surface area (Å²) < 4.78 is 0. The van der Waals surface area contributed by atoms with Crippen LogP contribution in [0.3, 0.4) is 0 Å². The molecular formula is C13H16N8. The second-order valence-corrected chi connectivity index (χ2v) is 4.32. The molecule has 0 saturated heterocycles. The molecule has 0 aliphatic carbocycles. The molecule has 0 bridgehead atoms. The number of hydrogen-bond donors (Lipinski definition) is 0. The van der Waals surface area contributed by atoms with Crippen molar-refractivity contribution in [3.8, 4) is 0 Å². The zero-order valence-electron chi connectivity index (χ0n) is 12.4. The first-order valence-electron chi connectivity index (χ1n) is 6.44. The van der Waals surface area contributed by atoms with E-state index in [4.69, 9.17) is 0 Å². The summed E-state index contributed by atoms with van der Waals surface area (Å²) in [6.07, 6.45) is 3.23. The van der Waals surface area contributed by atoms with Gasteiger partial charge in [-0.15, -0.1) is 0 Å². The predicted octanol–water partition coefficient (Wildman–Crippen LogP) is 1.11. The van der Waals surface area contributed by atoms with Gasteiger partial charge in [-0.3, -0.25) is 4.99 Å². The van der Waals surface area contributed by atoms with E-state index in [0.717, 1.165) is 0 Å². The molecule has 2 rings (SSSR count). The molecule has 2 aromatic rings. The summed E-state index contributed by atoms with van der Waals surface area (Å²) >= 11 is 0. The zero-order valence-corrected chi connectivity index (χ0v) is 12.4. The lowest BCUT2D eigenvalue weighted by atomic mass is 10.5. The van der Waals surface area contributed by atoms with Crippen molar-refractivity contribution in [1.29, 1.82) is 0 Å². The molecule has 8 nitrogen and oxygen atoms in total. The van der Waals surface area contributed by atoms with Gasteiger partial charge in [-0.05, 0) is 27.7 Å². The van der Waals surface area contributed by atoms with Crippen LogP contribution in [0.4, 0.5) is 5.95 Å². The van der Waals surface area contributed by atoms with Gasteiger partial charge in [0.25, 0.3) is 5.95 Å². The van der Waals surface area contributed by atoms with E-state index in [0.29, 0.717) is 41.6 Å². The monoisotopic (exact) mass is 284 g/mol. The second kappa shape index (κ2) is 6.69. The van der Waals surface area contributed by atoms with Gasteiger partial charge in [-0.2, -0.15) is 9.97 Å². The smallest absolute Gasteiger partial charge is 0.252 e. The molecule has 0 aliphatic heterocycles. The molecule has 2 heterocycles. The molecule has 0 atom stereocenters. The molecule has 0 amide bonds. The molecule has 108 valence electrons. The quantitative estimate of drug-likeness (QED) is 0.779. The first kappa shape index (κ1) is 14.8. The van der Waals surface area contributed by atoms with E-state index in [2.05, 4.69) is 39.9 Å². The van der Waals surface area contributed by atoms with E-state index < -0.39 is 0 Å². The number of aryl methyl sites for hydroxylation is 4. The Kier molecular flexibility index (Phi) is 4.70. The fourth-order valence-electron chi connectivity index (χ4n) is 1.66. The maximum absolute atomic E-state index is 4.19. The molecule has 0 saturated carbocycles. The van der Waals surface area contributed by atoms with Gasteiger partial charge >= 0.3 is 0 Å². The minimum absolute atomic E-state index is 0.391. The Morgan fingerprint density at radius 1 is 0.762 bits per heavy atom. The lowest BCUT2D eigenvalue weighted by Crippen LogP contribution is -2.02. The van der Waals surface area contributed by atoms with E-state index >= 15 is 0 Å². The standard InChI is InChI=1S/C13H16N8/c1-8-16-9(2)19-12(18-8)7-14-5-6-15-13-20-10(3)17-11(4)21-13/h6-7H,5H2,1-4H3. The molecule has 0 spiro atoms.